The maximum atomic E-state index is 14.0. The lowest BCUT2D eigenvalue weighted by Gasteiger charge is -2.47. The number of ether oxygens (including phenoxy) is 8. The molecule has 1 spiro atoms. The molecule has 292 valence electrons. The average molecular weight is 732 g/mol. The van der Waals surface area contributed by atoms with Crippen LogP contribution in [0.3, 0.4) is 0 Å². The molecular formula is C40H61NO11. The van der Waals surface area contributed by atoms with E-state index in [9.17, 15) is 15.0 Å². The quantitative estimate of drug-likeness (QED) is 0.363. The first-order chi connectivity index (χ1) is 25.0. The molecule has 52 heavy (non-hydrogen) atoms. The number of nitrogens with two attached hydrogens (primary N) is 1. The Morgan fingerprint density at radius 1 is 0.846 bits per heavy atom. The average Bonchev–Trinajstić information content (AvgIpc) is 3.72. The summed E-state index contributed by atoms with van der Waals surface area (Å²) in [7, 11) is 1.65. The Balaban J connectivity index is 1.06. The van der Waals surface area contributed by atoms with Gasteiger partial charge in [-0.15, -0.1) is 0 Å². The highest BCUT2D eigenvalue weighted by Gasteiger charge is 2.59. The van der Waals surface area contributed by atoms with Crippen LogP contribution < -0.4 is 5.73 Å². The molecule has 0 radical (unpaired) electrons. The maximum Gasteiger partial charge on any atom is 0.172 e. The van der Waals surface area contributed by atoms with E-state index in [2.05, 4.69) is 20.1 Å². The second-order valence-corrected chi connectivity index (χ2v) is 17.2. The molecule has 4 N–H and O–H groups in total. The molecule has 0 saturated carbocycles. The maximum absolute atomic E-state index is 14.0. The van der Waals surface area contributed by atoms with Crippen molar-refractivity contribution in [2.45, 2.75) is 194 Å². The molecule has 18 atom stereocenters. The molecule has 8 fully saturated rings. The van der Waals surface area contributed by atoms with Crippen molar-refractivity contribution in [3.63, 3.8) is 0 Å². The number of aliphatic hydroxyl groups is 2. The largest absolute Gasteiger partial charge is 0.392 e. The van der Waals surface area contributed by atoms with Crippen LogP contribution in [0.4, 0.5) is 0 Å². The van der Waals surface area contributed by atoms with Crippen LogP contribution in [0.2, 0.25) is 0 Å². The minimum Gasteiger partial charge on any atom is -0.392 e. The summed E-state index contributed by atoms with van der Waals surface area (Å²) in [5.74, 6) is -0.819. The van der Waals surface area contributed by atoms with Crippen LogP contribution in [0.5, 0.6) is 0 Å². The van der Waals surface area contributed by atoms with Crippen molar-refractivity contribution in [3.8, 4) is 0 Å². The van der Waals surface area contributed by atoms with Gasteiger partial charge in [0.05, 0.1) is 79.4 Å². The highest BCUT2D eigenvalue weighted by Crippen LogP contribution is 2.49. The standard InChI is InChI=1S/C40H61NO11/c1-20-11-25-5-7-30-21(2)12-27(46-30)9-10-40-18-29(44)38(52-40)35-17-36(51-40)39-31(49-35)8-6-26(48-39)13-23(42)14-28-33(16-32(47-25)22(20)3)50-34(37(28)45-4)15-24(43)19-41/h20,24-39,43-44H,2-3,5-19,41H2,1,4H3/t20-,24?,25+,26-,27+,28+,29-,30+,31+,32-,33+,34-,35-,36-,37-,38?,39+,40-/m1/s1. The molecule has 8 aliphatic rings. The van der Waals surface area contributed by atoms with Crippen molar-refractivity contribution in [1.29, 1.82) is 0 Å². The zero-order valence-corrected chi connectivity index (χ0v) is 31.0. The van der Waals surface area contributed by atoms with Crippen molar-refractivity contribution in [3.05, 3.63) is 24.3 Å². The minimum atomic E-state index is -0.947. The summed E-state index contributed by atoms with van der Waals surface area (Å²) >= 11 is 0. The molecule has 0 amide bonds. The summed E-state index contributed by atoms with van der Waals surface area (Å²) in [6, 6.07) is 0. The smallest absolute Gasteiger partial charge is 0.172 e. The van der Waals surface area contributed by atoms with Crippen LogP contribution in [0, 0.1) is 11.8 Å². The van der Waals surface area contributed by atoms with E-state index in [1.165, 1.54) is 0 Å². The van der Waals surface area contributed by atoms with Gasteiger partial charge in [0.15, 0.2) is 5.79 Å². The Labute approximate surface area is 308 Å². The number of hydrogen-bond acceptors (Lipinski definition) is 12. The summed E-state index contributed by atoms with van der Waals surface area (Å²) in [5.41, 5.74) is 7.96. The summed E-state index contributed by atoms with van der Waals surface area (Å²) in [4.78, 5) is 14.0. The molecule has 10 bridgehead atoms. The van der Waals surface area contributed by atoms with Crippen LogP contribution in [-0.4, -0.2) is 127 Å². The fraction of sp³-hybridized carbons (Fsp3) is 0.875. The fourth-order valence-electron chi connectivity index (χ4n) is 10.8. The van der Waals surface area contributed by atoms with E-state index in [0.29, 0.717) is 38.5 Å². The normalized spacial score (nSPS) is 50.4. The van der Waals surface area contributed by atoms with Gasteiger partial charge in [0, 0.05) is 64.5 Å². The van der Waals surface area contributed by atoms with Gasteiger partial charge in [0.2, 0.25) is 0 Å². The van der Waals surface area contributed by atoms with Gasteiger partial charge in [-0.1, -0.05) is 20.1 Å². The Hall–Kier alpha value is -1.29. The van der Waals surface area contributed by atoms with Crippen molar-refractivity contribution >= 4 is 5.78 Å². The molecule has 8 aliphatic heterocycles. The van der Waals surface area contributed by atoms with E-state index >= 15 is 0 Å². The third-order valence-corrected chi connectivity index (χ3v) is 13.6. The lowest BCUT2D eigenvalue weighted by molar-refractivity contribution is -0.277. The molecule has 12 nitrogen and oxygen atoms in total. The van der Waals surface area contributed by atoms with Gasteiger partial charge >= 0.3 is 0 Å². The second kappa shape index (κ2) is 15.3. The molecule has 8 rings (SSSR count). The zero-order chi connectivity index (χ0) is 36.3. The molecule has 0 aliphatic carbocycles. The van der Waals surface area contributed by atoms with Crippen molar-refractivity contribution in [2.75, 3.05) is 13.7 Å². The molecule has 0 aromatic heterocycles. The van der Waals surface area contributed by atoms with Gasteiger partial charge in [-0.3, -0.25) is 4.79 Å². The Morgan fingerprint density at radius 2 is 1.63 bits per heavy atom. The molecular weight excluding hydrogens is 670 g/mol. The van der Waals surface area contributed by atoms with E-state index in [-0.39, 0.29) is 104 Å². The lowest BCUT2D eigenvalue weighted by atomic mass is 9.81. The minimum absolute atomic E-state index is 0.00397. The second-order valence-electron chi connectivity index (χ2n) is 17.2. The third kappa shape index (κ3) is 7.48. The Bertz CT molecular complexity index is 1330. The summed E-state index contributed by atoms with van der Waals surface area (Å²) < 4.78 is 52.9. The topological polar surface area (TPSA) is 157 Å². The number of carbonyl (C=O) groups is 1. The molecule has 2 unspecified atom stereocenters. The monoisotopic (exact) mass is 731 g/mol. The van der Waals surface area contributed by atoms with Gasteiger partial charge in [0.25, 0.3) is 0 Å². The number of carbonyl (C=O) groups excluding carboxylic acids is 1. The van der Waals surface area contributed by atoms with E-state index in [4.69, 9.17) is 43.6 Å². The van der Waals surface area contributed by atoms with E-state index in [1.54, 1.807) is 7.11 Å². The number of hydrogen-bond donors (Lipinski definition) is 3. The van der Waals surface area contributed by atoms with Gasteiger partial charge in [-0.2, -0.15) is 0 Å². The van der Waals surface area contributed by atoms with E-state index in [1.807, 2.05) is 0 Å². The first-order valence-electron chi connectivity index (χ1n) is 20.1. The third-order valence-electron chi connectivity index (χ3n) is 13.6. The fourth-order valence-corrected chi connectivity index (χ4v) is 10.8. The van der Waals surface area contributed by atoms with E-state index in [0.717, 1.165) is 49.7 Å². The predicted octanol–water partition coefficient (Wildman–Crippen LogP) is 3.42. The number of Topliss-reactive ketones (excluding diaryl/α,β-unsaturated/α-hetero) is 1. The Morgan fingerprint density at radius 3 is 2.44 bits per heavy atom. The number of methoxy groups -OCH3 is 1. The molecule has 8 heterocycles. The predicted molar refractivity (Wildman–Crippen MR) is 188 cm³/mol. The Kier molecular flexibility index (Phi) is 11.1. The number of rotatable bonds is 4. The van der Waals surface area contributed by atoms with Gasteiger partial charge in [0.1, 0.15) is 18.0 Å². The first kappa shape index (κ1) is 37.6. The van der Waals surface area contributed by atoms with E-state index < -0.39 is 30.2 Å². The molecule has 12 heteroatoms. The number of ketones is 1. The van der Waals surface area contributed by atoms with Gasteiger partial charge < -0.3 is 53.8 Å². The van der Waals surface area contributed by atoms with Crippen LogP contribution >= 0.6 is 0 Å². The molecule has 0 aromatic rings. The van der Waals surface area contributed by atoms with Crippen LogP contribution in [0.15, 0.2) is 24.3 Å². The molecule has 0 aromatic carbocycles. The first-order valence-corrected chi connectivity index (χ1v) is 20.1. The van der Waals surface area contributed by atoms with Gasteiger partial charge in [-0.25, -0.2) is 0 Å². The highest BCUT2D eigenvalue weighted by atomic mass is 16.7. The van der Waals surface area contributed by atoms with Crippen LogP contribution in [0.1, 0.15) is 96.8 Å². The highest BCUT2D eigenvalue weighted by molar-refractivity contribution is 5.79. The van der Waals surface area contributed by atoms with Crippen molar-refractivity contribution < 1.29 is 52.9 Å². The van der Waals surface area contributed by atoms with Crippen molar-refractivity contribution in [1.82, 2.24) is 0 Å². The van der Waals surface area contributed by atoms with Gasteiger partial charge in [-0.05, 0) is 62.0 Å². The van der Waals surface area contributed by atoms with Crippen LogP contribution in [0.25, 0.3) is 0 Å². The van der Waals surface area contributed by atoms with Crippen LogP contribution in [-0.2, 0) is 42.7 Å². The molecule has 8 saturated heterocycles. The number of fused-ring (bicyclic) bond motifs is 9. The number of aliphatic hydroxyl groups excluding tert-OH is 2. The summed E-state index contributed by atoms with van der Waals surface area (Å²) in [6.07, 6.45) is 3.90. The summed E-state index contributed by atoms with van der Waals surface area (Å²) in [6.45, 7) is 11.2. The SMILES string of the molecule is C=C1C[C@@H]2CC[C@]34C[C@@H](O)C(O3)[C@H]3C[C@@H](O4)[C@H]4O[C@H](CC[C@@H]4O3)CC(=O)C[C@@H]3[C@@H](OC)[C@@H](CC(O)CN)O[C@H]3C[C@H]3O[C@@H](CC[C@@H]1O2)C[C@@H](C)C3=C. The summed E-state index contributed by atoms with van der Waals surface area (Å²) in [5, 5.41) is 21.7. The van der Waals surface area contributed by atoms with Crippen molar-refractivity contribution in [2.24, 2.45) is 17.6 Å². The lowest BCUT2D eigenvalue weighted by Crippen LogP contribution is -2.58. The zero-order valence-electron chi connectivity index (χ0n) is 31.0.